The molecule has 2 aliphatic heterocycles. The maximum Gasteiger partial charge on any atom is 1.00 e. The van der Waals surface area contributed by atoms with Crippen LogP contribution in [0, 0.1) is 0 Å². The van der Waals surface area contributed by atoms with E-state index in [9.17, 15) is 17.8 Å². The van der Waals surface area contributed by atoms with Crippen molar-refractivity contribution >= 4 is 33.5 Å². The molecule has 1 aromatic rings. The Morgan fingerprint density at radius 1 is 1.50 bits per heavy atom. The second kappa shape index (κ2) is 5.72. The van der Waals surface area contributed by atoms with E-state index in [1.165, 1.54) is 16.4 Å². The Labute approximate surface area is 141 Å². The molecule has 1 fully saturated rings. The van der Waals surface area contributed by atoms with Crippen LogP contribution in [0.25, 0.3) is 5.57 Å². The first kappa shape index (κ1) is 15.9. The van der Waals surface area contributed by atoms with Crippen LogP contribution in [-0.4, -0.2) is 52.5 Å². The van der Waals surface area contributed by atoms with Crippen LogP contribution in [0.4, 0.5) is 4.79 Å². The van der Waals surface area contributed by atoms with E-state index >= 15 is 0 Å². The summed E-state index contributed by atoms with van der Waals surface area (Å²) >= 11 is 1.23. The number of urea groups is 1. The maximum atomic E-state index is 11.9. The molecule has 0 spiro atoms. The number of aromatic nitrogens is 1. The first-order valence-corrected chi connectivity index (χ1v) is 7.41. The van der Waals surface area contributed by atoms with Crippen LogP contribution >= 0.6 is 11.5 Å². The van der Waals surface area contributed by atoms with E-state index in [1.807, 2.05) is 0 Å². The fourth-order valence-corrected chi connectivity index (χ4v) is 3.21. The number of hydroxylamine groups is 2. The number of rotatable bonds is 3. The van der Waals surface area contributed by atoms with Crippen molar-refractivity contribution in [2.24, 2.45) is 0 Å². The summed E-state index contributed by atoms with van der Waals surface area (Å²) in [6, 6.07) is 0.532. The third-order valence-electron chi connectivity index (χ3n) is 2.92. The molecule has 3 rings (SSSR count). The molecule has 8 nitrogen and oxygen atoms in total. The Bertz CT molecular complexity index is 645. The molecular weight excluding hydrogens is 317 g/mol. The second-order valence-electron chi connectivity index (χ2n) is 4.05. The van der Waals surface area contributed by atoms with Gasteiger partial charge in [-0.3, -0.25) is 0 Å². The van der Waals surface area contributed by atoms with Gasteiger partial charge in [-0.15, -0.1) is 0 Å². The van der Waals surface area contributed by atoms with Gasteiger partial charge in [0.15, 0.2) is 0 Å². The summed E-state index contributed by atoms with van der Waals surface area (Å²) < 4.78 is 40.3. The van der Waals surface area contributed by atoms with Gasteiger partial charge in [0.1, 0.15) is 6.04 Å². The summed E-state index contributed by atoms with van der Waals surface area (Å²) in [6.07, 6.45) is 3.42. The van der Waals surface area contributed by atoms with E-state index in [2.05, 4.69) is 8.66 Å². The topological polar surface area (TPSA) is 103 Å². The predicted molar refractivity (Wildman–Crippen MR) is 63.5 cm³/mol. The third kappa shape index (κ3) is 2.91. The summed E-state index contributed by atoms with van der Waals surface area (Å²) in [5.74, 6) is 0. The summed E-state index contributed by atoms with van der Waals surface area (Å²) in [7, 11) is -4.98. The number of amides is 2. The van der Waals surface area contributed by atoms with Crippen molar-refractivity contribution in [1.82, 2.24) is 14.3 Å². The van der Waals surface area contributed by atoms with Gasteiger partial charge in [-0.25, -0.2) is 17.6 Å². The maximum absolute atomic E-state index is 11.9. The number of nitrogens with zero attached hydrogens (tertiary/aromatic N) is 3. The molecular formula is C9H8N3NaO5S2. The van der Waals surface area contributed by atoms with Crippen LogP contribution in [0.5, 0.6) is 0 Å². The Morgan fingerprint density at radius 3 is 2.85 bits per heavy atom. The van der Waals surface area contributed by atoms with Gasteiger partial charge < -0.3 is 9.45 Å². The van der Waals surface area contributed by atoms with Gasteiger partial charge in [-0.05, 0) is 23.2 Å². The van der Waals surface area contributed by atoms with Crippen molar-refractivity contribution in [3.8, 4) is 0 Å². The zero-order valence-electron chi connectivity index (χ0n) is 10.4. The Balaban J connectivity index is 0.00000147. The van der Waals surface area contributed by atoms with Gasteiger partial charge in [0.25, 0.3) is 0 Å². The minimum absolute atomic E-state index is 0. The molecule has 0 aromatic carbocycles. The fourth-order valence-electron chi connectivity index (χ4n) is 2.17. The Morgan fingerprint density at radius 2 is 2.25 bits per heavy atom. The predicted octanol–water partition coefficient (Wildman–Crippen LogP) is -2.96. The molecule has 2 aliphatic rings. The molecule has 0 N–H and O–H groups in total. The molecule has 0 radical (unpaired) electrons. The van der Waals surface area contributed by atoms with Crippen LogP contribution < -0.4 is 29.6 Å². The molecule has 1 aromatic heterocycles. The quantitative estimate of drug-likeness (QED) is 0.334. The summed E-state index contributed by atoms with van der Waals surface area (Å²) in [5.41, 5.74) is 0.744. The third-order valence-corrected chi connectivity index (χ3v) is 4.06. The minimum atomic E-state index is -4.98. The Kier molecular flexibility index (Phi) is 4.54. The Hall–Kier alpha value is -0.490. The number of carbonyl (C=O) groups excluding carboxylic acids is 1. The van der Waals surface area contributed by atoms with Crippen LogP contribution in [0.15, 0.2) is 18.3 Å². The molecule has 20 heavy (non-hydrogen) atoms. The smallest absolute Gasteiger partial charge is 0.724 e. The molecule has 2 bridgehead atoms. The van der Waals surface area contributed by atoms with E-state index in [-0.39, 0.29) is 36.1 Å². The van der Waals surface area contributed by atoms with Gasteiger partial charge in [0.2, 0.25) is 10.4 Å². The summed E-state index contributed by atoms with van der Waals surface area (Å²) in [4.78, 5) is 14.1. The number of fused-ring (bicyclic) bond motifs is 2. The SMILES string of the molecule is O=C1N2CC=C(c3ccns3)C(C2)N1OS(=O)(=O)[O-].[Na+]. The zero-order valence-corrected chi connectivity index (χ0v) is 14.1. The molecule has 1 saturated heterocycles. The van der Waals surface area contributed by atoms with Crippen molar-refractivity contribution in [3.63, 3.8) is 0 Å². The molecule has 3 heterocycles. The van der Waals surface area contributed by atoms with E-state index in [0.29, 0.717) is 11.6 Å². The molecule has 0 aliphatic carbocycles. The second-order valence-corrected chi connectivity index (χ2v) is 5.85. The van der Waals surface area contributed by atoms with Crippen LogP contribution in [0.1, 0.15) is 4.88 Å². The van der Waals surface area contributed by atoms with Crippen molar-refractivity contribution in [1.29, 1.82) is 0 Å². The van der Waals surface area contributed by atoms with E-state index in [1.54, 1.807) is 18.3 Å². The largest absolute Gasteiger partial charge is 1.00 e. The zero-order chi connectivity index (χ0) is 13.6. The number of hydrogen-bond acceptors (Lipinski definition) is 7. The summed E-state index contributed by atoms with van der Waals surface area (Å²) in [5, 5.41) is 0.626. The van der Waals surface area contributed by atoms with Crippen LogP contribution in [0.2, 0.25) is 0 Å². The first-order valence-electron chi connectivity index (χ1n) is 5.30. The van der Waals surface area contributed by atoms with Gasteiger partial charge in [-0.2, -0.15) is 9.35 Å². The van der Waals surface area contributed by atoms with Crippen molar-refractivity contribution in [2.75, 3.05) is 13.1 Å². The van der Waals surface area contributed by atoms with Gasteiger partial charge in [-0.1, -0.05) is 6.08 Å². The van der Waals surface area contributed by atoms with Crippen molar-refractivity contribution < 1.29 is 51.6 Å². The fraction of sp³-hybridized carbons (Fsp3) is 0.333. The van der Waals surface area contributed by atoms with Gasteiger partial charge in [0, 0.05) is 12.7 Å². The minimum Gasteiger partial charge on any atom is -0.724 e. The average Bonchev–Trinajstić information content (AvgIpc) is 2.93. The molecule has 11 heteroatoms. The molecule has 1 unspecified atom stereocenters. The number of carbonyl (C=O) groups is 1. The normalized spacial score (nSPS) is 21.8. The first-order chi connectivity index (χ1) is 8.96. The van der Waals surface area contributed by atoms with Crippen molar-refractivity contribution in [3.05, 3.63) is 23.2 Å². The number of hydrogen-bond donors (Lipinski definition) is 0. The van der Waals surface area contributed by atoms with E-state index < -0.39 is 22.5 Å². The van der Waals surface area contributed by atoms with Crippen LogP contribution in [-0.2, 0) is 14.7 Å². The van der Waals surface area contributed by atoms with Crippen molar-refractivity contribution in [2.45, 2.75) is 6.04 Å². The molecule has 0 saturated carbocycles. The molecule has 1 atom stereocenters. The van der Waals surface area contributed by atoms with E-state index in [4.69, 9.17) is 0 Å². The molecule has 2 amide bonds. The summed E-state index contributed by atoms with van der Waals surface area (Å²) in [6.45, 7) is 0.638. The standard InChI is InChI=1S/C9H9N3O5S2.Na/c13-9-11-4-2-6(8-1-3-10-18-8)7(5-11)12(9)17-19(14,15)16;/h1-3,7H,4-5H2,(H,14,15,16);/q;+1/p-1. The van der Waals surface area contributed by atoms with Gasteiger partial charge in [0.05, 0.1) is 11.4 Å². The molecule has 102 valence electrons. The monoisotopic (exact) mass is 325 g/mol. The average molecular weight is 325 g/mol. The van der Waals surface area contributed by atoms with Gasteiger partial charge >= 0.3 is 35.6 Å². The van der Waals surface area contributed by atoms with E-state index in [0.717, 1.165) is 10.5 Å². The van der Waals surface area contributed by atoms with Crippen LogP contribution in [0.3, 0.4) is 0 Å².